The number of anilines is 1. The number of aryl methyl sites for hydroxylation is 3. The molecule has 6 rings (SSSR count). The molecular formula is C32H27N3O2S2. The third-order valence-corrected chi connectivity index (χ3v) is 9.37. The highest BCUT2D eigenvalue weighted by Gasteiger charge is 2.33. The summed E-state index contributed by atoms with van der Waals surface area (Å²) in [4.78, 5) is 15.3. The fourth-order valence-electron chi connectivity index (χ4n) is 5.14. The van der Waals surface area contributed by atoms with Crippen LogP contribution < -0.4 is 4.90 Å². The first-order chi connectivity index (χ1) is 18.8. The van der Waals surface area contributed by atoms with Crippen LogP contribution in [0.2, 0.25) is 0 Å². The topological polar surface area (TPSA) is 69.3 Å². The molecular weight excluding hydrogens is 523 g/mol. The van der Waals surface area contributed by atoms with Gasteiger partial charge < -0.3 is 10.0 Å². The smallest absolute Gasteiger partial charge is 0.310 e. The van der Waals surface area contributed by atoms with Crippen LogP contribution in [0, 0.1) is 38.0 Å². The van der Waals surface area contributed by atoms with E-state index in [2.05, 4.69) is 84.2 Å². The summed E-state index contributed by atoms with van der Waals surface area (Å²) in [5.74, 6) is -1.07. The fraction of sp³-hybridized carbons (Fsp3) is 0.188. The normalized spacial score (nSPS) is 13.4. The van der Waals surface area contributed by atoms with Gasteiger partial charge in [-0.15, -0.1) is 11.3 Å². The predicted molar refractivity (Wildman–Crippen MR) is 161 cm³/mol. The van der Waals surface area contributed by atoms with Crippen LogP contribution in [0.4, 0.5) is 5.69 Å². The van der Waals surface area contributed by atoms with E-state index in [1.165, 1.54) is 28.0 Å². The van der Waals surface area contributed by atoms with Crippen LogP contribution in [0.1, 0.15) is 21.6 Å². The van der Waals surface area contributed by atoms with Crippen LogP contribution in [0.25, 0.3) is 33.3 Å². The van der Waals surface area contributed by atoms with Crippen molar-refractivity contribution >= 4 is 45.8 Å². The van der Waals surface area contributed by atoms with Gasteiger partial charge in [0.05, 0.1) is 17.1 Å². The summed E-state index contributed by atoms with van der Waals surface area (Å²) in [6.45, 7) is 7.37. The molecule has 7 heteroatoms. The fourth-order valence-corrected chi connectivity index (χ4v) is 6.84. The van der Waals surface area contributed by atoms with Gasteiger partial charge in [-0.3, -0.25) is 8.77 Å². The van der Waals surface area contributed by atoms with E-state index in [0.29, 0.717) is 18.0 Å². The Kier molecular flexibility index (Phi) is 6.46. The molecule has 0 radical (unpaired) electrons. The number of nitriles is 1. The Bertz CT molecular complexity index is 1770. The van der Waals surface area contributed by atoms with Crippen molar-refractivity contribution in [2.45, 2.75) is 25.7 Å². The Morgan fingerprint density at radius 1 is 1.03 bits per heavy atom. The summed E-state index contributed by atoms with van der Waals surface area (Å²) >= 11 is 3.14. The van der Waals surface area contributed by atoms with Crippen LogP contribution in [-0.2, 0) is 4.79 Å². The van der Waals surface area contributed by atoms with E-state index < -0.39 is 5.97 Å². The predicted octanol–water partition coefficient (Wildman–Crippen LogP) is 7.91. The summed E-state index contributed by atoms with van der Waals surface area (Å²) in [5, 5.41) is 22.5. The van der Waals surface area contributed by atoms with E-state index >= 15 is 0 Å². The van der Waals surface area contributed by atoms with Crippen LogP contribution >= 0.6 is 23.3 Å². The number of rotatable bonds is 6. The number of carboxylic acid groups (broad SMARTS) is 1. The molecule has 1 N–H and O–H groups in total. The molecule has 0 unspecified atom stereocenters. The SMILES string of the molecule is Cc1ccc(Sn2c(-c3cccc(N4CC(C(=O)O)C4)c3)c(-c3ccsc3C#N)c3cc(C)c(C)cc32)cc1. The lowest BCUT2D eigenvalue weighted by atomic mass is 9.96. The zero-order valence-corrected chi connectivity index (χ0v) is 23.6. The molecule has 0 bridgehead atoms. The van der Waals surface area contributed by atoms with E-state index in [4.69, 9.17) is 0 Å². The molecule has 3 heterocycles. The van der Waals surface area contributed by atoms with Gasteiger partial charge in [-0.05, 0) is 91.7 Å². The number of carbonyl (C=O) groups is 1. The Balaban J connectivity index is 1.61. The molecule has 0 saturated carbocycles. The summed E-state index contributed by atoms with van der Waals surface area (Å²) in [6, 6.07) is 25.8. The number of aliphatic carboxylic acids is 1. The lowest BCUT2D eigenvalue weighted by Crippen LogP contribution is -2.50. The van der Waals surface area contributed by atoms with Gasteiger partial charge in [0, 0.05) is 45.7 Å². The molecule has 1 saturated heterocycles. The maximum Gasteiger partial charge on any atom is 0.310 e. The maximum atomic E-state index is 11.4. The second kappa shape index (κ2) is 9.96. The Morgan fingerprint density at radius 2 is 1.77 bits per heavy atom. The minimum atomic E-state index is -0.744. The average Bonchev–Trinajstić information content (AvgIpc) is 3.47. The van der Waals surface area contributed by atoms with Crippen molar-refractivity contribution in [3.8, 4) is 28.5 Å². The highest BCUT2D eigenvalue weighted by Crippen LogP contribution is 2.47. The minimum absolute atomic E-state index is 0.331. The van der Waals surface area contributed by atoms with Crippen molar-refractivity contribution in [3.63, 3.8) is 0 Å². The molecule has 39 heavy (non-hydrogen) atoms. The first kappa shape index (κ1) is 25.3. The van der Waals surface area contributed by atoms with Crippen molar-refractivity contribution in [1.29, 1.82) is 5.26 Å². The second-order valence-electron chi connectivity index (χ2n) is 10.1. The van der Waals surface area contributed by atoms with Crippen molar-refractivity contribution < 1.29 is 9.90 Å². The zero-order chi connectivity index (χ0) is 27.3. The summed E-state index contributed by atoms with van der Waals surface area (Å²) in [7, 11) is 0. The number of hydrogen-bond donors (Lipinski definition) is 1. The van der Waals surface area contributed by atoms with E-state index in [-0.39, 0.29) is 5.92 Å². The number of thiophene rings is 1. The van der Waals surface area contributed by atoms with Gasteiger partial charge in [0.1, 0.15) is 10.9 Å². The monoisotopic (exact) mass is 549 g/mol. The van der Waals surface area contributed by atoms with Crippen molar-refractivity contribution in [3.05, 3.63) is 93.7 Å². The van der Waals surface area contributed by atoms with E-state index in [9.17, 15) is 15.2 Å². The van der Waals surface area contributed by atoms with Gasteiger partial charge in [0.2, 0.25) is 0 Å². The largest absolute Gasteiger partial charge is 0.481 e. The molecule has 0 spiro atoms. The van der Waals surface area contributed by atoms with Crippen LogP contribution in [-0.4, -0.2) is 28.1 Å². The van der Waals surface area contributed by atoms with Gasteiger partial charge in [-0.25, -0.2) is 0 Å². The molecule has 0 atom stereocenters. The molecule has 1 fully saturated rings. The highest BCUT2D eigenvalue weighted by atomic mass is 32.2. The molecule has 0 aliphatic carbocycles. The lowest BCUT2D eigenvalue weighted by Gasteiger charge is -2.38. The van der Waals surface area contributed by atoms with Gasteiger partial charge >= 0.3 is 5.97 Å². The van der Waals surface area contributed by atoms with Gasteiger partial charge in [-0.2, -0.15) is 5.26 Å². The molecule has 0 amide bonds. The molecule has 194 valence electrons. The Hall–Kier alpha value is -3.99. The summed E-state index contributed by atoms with van der Waals surface area (Å²) < 4.78 is 2.30. The zero-order valence-electron chi connectivity index (χ0n) is 21.9. The third-order valence-electron chi connectivity index (χ3n) is 7.51. The quantitative estimate of drug-likeness (QED) is 0.233. The molecule has 5 nitrogen and oxygen atoms in total. The Morgan fingerprint density at radius 3 is 2.49 bits per heavy atom. The molecule has 2 aromatic heterocycles. The number of hydrogen-bond acceptors (Lipinski definition) is 5. The standard InChI is InChI=1S/C32H27N3O2S2/c1-19-7-9-25(10-8-19)39-35-28-14-21(3)20(2)13-27(28)30(26-11-12-38-29(26)16-33)31(35)22-5-4-6-24(15-22)34-17-23(18-34)32(36)37/h4-15,23H,17-18H2,1-3H3,(H,36,37). The first-order valence-electron chi connectivity index (χ1n) is 12.8. The number of carboxylic acids is 1. The van der Waals surface area contributed by atoms with E-state index in [1.54, 1.807) is 11.9 Å². The molecule has 1 aliphatic heterocycles. The van der Waals surface area contributed by atoms with E-state index in [1.807, 2.05) is 23.6 Å². The van der Waals surface area contributed by atoms with Gasteiger partial charge in [0.25, 0.3) is 0 Å². The van der Waals surface area contributed by atoms with Crippen molar-refractivity contribution in [1.82, 2.24) is 3.97 Å². The van der Waals surface area contributed by atoms with E-state index in [0.717, 1.165) is 43.9 Å². The Labute approximate surface area is 236 Å². The van der Waals surface area contributed by atoms with Crippen LogP contribution in [0.15, 0.2) is 77.0 Å². The lowest BCUT2D eigenvalue weighted by molar-refractivity contribution is -0.142. The molecule has 5 aromatic rings. The molecule has 3 aromatic carbocycles. The van der Waals surface area contributed by atoms with Crippen molar-refractivity contribution in [2.75, 3.05) is 18.0 Å². The second-order valence-corrected chi connectivity index (χ2v) is 12.1. The first-order valence-corrected chi connectivity index (χ1v) is 14.5. The number of aromatic nitrogens is 1. The summed E-state index contributed by atoms with van der Waals surface area (Å²) in [5.41, 5.74) is 9.79. The minimum Gasteiger partial charge on any atom is -0.481 e. The average molecular weight is 550 g/mol. The third kappa shape index (κ3) is 4.50. The van der Waals surface area contributed by atoms with Crippen LogP contribution in [0.5, 0.6) is 0 Å². The van der Waals surface area contributed by atoms with Gasteiger partial charge in [0.15, 0.2) is 0 Å². The number of fused-ring (bicyclic) bond motifs is 1. The summed E-state index contributed by atoms with van der Waals surface area (Å²) in [6.07, 6.45) is 0. The number of nitrogens with zero attached hydrogens (tertiary/aromatic N) is 3. The highest BCUT2D eigenvalue weighted by molar-refractivity contribution is 7.98. The van der Waals surface area contributed by atoms with Gasteiger partial charge in [-0.1, -0.05) is 29.8 Å². The molecule has 1 aliphatic rings. The maximum absolute atomic E-state index is 11.4. The number of benzene rings is 3. The van der Waals surface area contributed by atoms with Crippen LogP contribution in [0.3, 0.4) is 0 Å². The van der Waals surface area contributed by atoms with Crippen molar-refractivity contribution in [2.24, 2.45) is 5.92 Å².